The van der Waals surface area contributed by atoms with Crippen LogP contribution in [0.3, 0.4) is 0 Å². The summed E-state index contributed by atoms with van der Waals surface area (Å²) >= 11 is 0. The maximum atomic E-state index is 10.6. The molecule has 1 aromatic carbocycles. The smallest absolute Gasteiger partial charge is 0.335 e. The molecule has 0 aliphatic rings. The van der Waals surface area contributed by atoms with Crippen molar-refractivity contribution in [3.8, 4) is 0 Å². The lowest BCUT2D eigenvalue weighted by Gasteiger charge is -2.07. The summed E-state index contributed by atoms with van der Waals surface area (Å²) in [6.45, 7) is 0. The molecule has 0 spiro atoms. The van der Waals surface area contributed by atoms with E-state index in [0.717, 1.165) is 0 Å². The van der Waals surface area contributed by atoms with Crippen molar-refractivity contribution in [1.29, 1.82) is 0 Å². The molecular weight excluding hydrogens is 212 g/mol. The van der Waals surface area contributed by atoms with Crippen LogP contribution < -0.4 is 0 Å². The lowest BCUT2D eigenvalue weighted by atomic mass is 10.0. The Hall–Kier alpha value is -1.88. The first-order valence-corrected chi connectivity index (χ1v) is 4.71. The van der Waals surface area contributed by atoms with E-state index in [-0.39, 0.29) is 18.4 Å². The molecule has 86 valence electrons. The average Bonchev–Trinajstić information content (AvgIpc) is 2.16. The zero-order valence-electron chi connectivity index (χ0n) is 8.46. The molecule has 0 saturated heterocycles. The first-order chi connectivity index (χ1) is 7.49. The summed E-state index contributed by atoms with van der Waals surface area (Å²) in [6, 6.07) is 5.97. The Morgan fingerprint density at radius 1 is 1.12 bits per heavy atom. The highest BCUT2D eigenvalue weighted by atomic mass is 16.4. The molecule has 5 heteroatoms. The van der Waals surface area contributed by atoms with Crippen LogP contribution in [0.1, 0.15) is 22.3 Å². The number of benzene rings is 1. The van der Waals surface area contributed by atoms with Gasteiger partial charge in [-0.25, -0.2) is 4.79 Å². The second-order valence-corrected chi connectivity index (χ2v) is 3.46. The van der Waals surface area contributed by atoms with E-state index in [1.54, 1.807) is 12.1 Å². The van der Waals surface area contributed by atoms with Crippen LogP contribution in [-0.2, 0) is 11.2 Å². The van der Waals surface area contributed by atoms with Crippen molar-refractivity contribution in [2.75, 3.05) is 0 Å². The monoisotopic (exact) mass is 224 g/mol. The molecule has 0 heterocycles. The van der Waals surface area contributed by atoms with Crippen molar-refractivity contribution in [3.63, 3.8) is 0 Å². The molecule has 0 aliphatic heterocycles. The van der Waals surface area contributed by atoms with Gasteiger partial charge in [-0.05, 0) is 24.1 Å². The fourth-order valence-electron chi connectivity index (χ4n) is 1.33. The van der Waals surface area contributed by atoms with E-state index in [2.05, 4.69) is 0 Å². The molecular formula is C11H12O5. The Labute approximate surface area is 92.0 Å². The molecule has 0 bridgehead atoms. The number of aliphatic hydroxyl groups is 1. The van der Waals surface area contributed by atoms with Crippen molar-refractivity contribution in [2.24, 2.45) is 0 Å². The number of carboxylic acid groups (broad SMARTS) is 2. The molecule has 1 rings (SSSR count). The van der Waals surface area contributed by atoms with Gasteiger partial charge >= 0.3 is 11.9 Å². The normalized spacial score (nSPS) is 12.1. The lowest BCUT2D eigenvalue weighted by molar-refractivity contribution is -0.139. The quantitative estimate of drug-likeness (QED) is 0.686. The van der Waals surface area contributed by atoms with E-state index < -0.39 is 18.0 Å². The summed E-state index contributed by atoms with van der Waals surface area (Å²) in [5, 5.41) is 26.4. The molecule has 0 aromatic heterocycles. The van der Waals surface area contributed by atoms with Crippen LogP contribution >= 0.6 is 0 Å². The Balaban J connectivity index is 2.61. The third-order valence-corrected chi connectivity index (χ3v) is 2.08. The number of hydrogen-bond acceptors (Lipinski definition) is 3. The Morgan fingerprint density at radius 3 is 2.12 bits per heavy atom. The van der Waals surface area contributed by atoms with Crippen LogP contribution in [0.4, 0.5) is 0 Å². The van der Waals surface area contributed by atoms with Gasteiger partial charge in [0.25, 0.3) is 0 Å². The number of carbonyl (C=O) groups is 2. The number of hydrogen-bond donors (Lipinski definition) is 3. The standard InChI is InChI=1S/C11H12O5/c12-9(6-10(13)14)5-7-1-3-8(4-2-7)11(15)16/h1-4,9,12H,5-6H2,(H,13,14)(H,15,16). The summed E-state index contributed by atoms with van der Waals surface area (Å²) in [6.07, 6.45) is -1.07. The molecule has 5 nitrogen and oxygen atoms in total. The SMILES string of the molecule is O=C(O)CC(O)Cc1ccc(C(=O)O)cc1. The van der Waals surface area contributed by atoms with Crippen LogP contribution in [0.2, 0.25) is 0 Å². The number of aliphatic hydroxyl groups excluding tert-OH is 1. The molecule has 0 fully saturated rings. The van der Waals surface area contributed by atoms with Gasteiger partial charge in [0, 0.05) is 0 Å². The molecule has 1 unspecified atom stereocenters. The zero-order valence-corrected chi connectivity index (χ0v) is 8.46. The average molecular weight is 224 g/mol. The van der Waals surface area contributed by atoms with Crippen LogP contribution in [0.25, 0.3) is 0 Å². The fraction of sp³-hybridized carbons (Fsp3) is 0.273. The Bertz CT molecular complexity index is 382. The first-order valence-electron chi connectivity index (χ1n) is 4.71. The molecule has 0 saturated carbocycles. The molecule has 3 N–H and O–H groups in total. The van der Waals surface area contributed by atoms with E-state index in [9.17, 15) is 14.7 Å². The van der Waals surface area contributed by atoms with Crippen LogP contribution in [0.15, 0.2) is 24.3 Å². The highest BCUT2D eigenvalue weighted by Gasteiger charge is 2.10. The summed E-state index contributed by atoms with van der Waals surface area (Å²) in [4.78, 5) is 20.9. The highest BCUT2D eigenvalue weighted by Crippen LogP contribution is 2.08. The van der Waals surface area contributed by atoms with Crippen LogP contribution in [-0.4, -0.2) is 33.4 Å². The van der Waals surface area contributed by atoms with Crippen molar-refractivity contribution >= 4 is 11.9 Å². The maximum absolute atomic E-state index is 10.6. The molecule has 0 amide bonds. The number of aromatic carboxylic acids is 1. The van der Waals surface area contributed by atoms with E-state index in [1.165, 1.54) is 12.1 Å². The summed E-state index contributed by atoms with van der Waals surface area (Å²) in [7, 11) is 0. The molecule has 0 radical (unpaired) electrons. The van der Waals surface area contributed by atoms with Crippen molar-refractivity contribution in [2.45, 2.75) is 18.9 Å². The van der Waals surface area contributed by atoms with Crippen molar-refractivity contribution in [3.05, 3.63) is 35.4 Å². The van der Waals surface area contributed by atoms with E-state index in [4.69, 9.17) is 10.2 Å². The van der Waals surface area contributed by atoms with Gasteiger partial charge in [-0.1, -0.05) is 12.1 Å². The summed E-state index contributed by atoms with van der Waals surface area (Å²) in [5.41, 5.74) is 0.871. The third-order valence-electron chi connectivity index (χ3n) is 2.08. The first kappa shape index (κ1) is 12.2. The minimum Gasteiger partial charge on any atom is -0.481 e. The van der Waals surface area contributed by atoms with Gasteiger partial charge in [0.1, 0.15) is 0 Å². The molecule has 1 aromatic rings. The Kier molecular flexibility index (Phi) is 4.02. The lowest BCUT2D eigenvalue weighted by Crippen LogP contribution is -2.15. The fourth-order valence-corrected chi connectivity index (χ4v) is 1.33. The maximum Gasteiger partial charge on any atom is 0.335 e. The topological polar surface area (TPSA) is 94.8 Å². The van der Waals surface area contributed by atoms with Crippen LogP contribution in [0, 0.1) is 0 Å². The summed E-state index contributed by atoms with van der Waals surface area (Å²) < 4.78 is 0. The number of aliphatic carboxylic acids is 1. The second-order valence-electron chi connectivity index (χ2n) is 3.46. The summed E-state index contributed by atoms with van der Waals surface area (Å²) in [5.74, 6) is -2.08. The second kappa shape index (κ2) is 5.27. The van der Waals surface area contributed by atoms with Gasteiger partial charge in [0.15, 0.2) is 0 Å². The minimum atomic E-state index is -1.06. The highest BCUT2D eigenvalue weighted by molar-refractivity contribution is 5.87. The Morgan fingerprint density at radius 2 is 1.69 bits per heavy atom. The van der Waals surface area contributed by atoms with Gasteiger partial charge in [-0.15, -0.1) is 0 Å². The van der Waals surface area contributed by atoms with Crippen LogP contribution in [0.5, 0.6) is 0 Å². The number of rotatable bonds is 5. The van der Waals surface area contributed by atoms with Gasteiger partial charge in [0.2, 0.25) is 0 Å². The third kappa shape index (κ3) is 3.70. The van der Waals surface area contributed by atoms with Crippen molar-refractivity contribution in [1.82, 2.24) is 0 Å². The molecule has 1 atom stereocenters. The van der Waals surface area contributed by atoms with Gasteiger partial charge < -0.3 is 15.3 Å². The van der Waals surface area contributed by atoms with Gasteiger partial charge in [0.05, 0.1) is 18.1 Å². The zero-order chi connectivity index (χ0) is 12.1. The van der Waals surface area contributed by atoms with E-state index >= 15 is 0 Å². The minimum absolute atomic E-state index is 0.163. The predicted molar refractivity (Wildman–Crippen MR) is 55.4 cm³/mol. The van der Waals surface area contributed by atoms with Gasteiger partial charge in [-0.3, -0.25) is 4.79 Å². The molecule has 16 heavy (non-hydrogen) atoms. The van der Waals surface area contributed by atoms with Crippen molar-refractivity contribution < 1.29 is 24.9 Å². The van der Waals surface area contributed by atoms with E-state index in [1.807, 2.05) is 0 Å². The largest absolute Gasteiger partial charge is 0.481 e. The van der Waals surface area contributed by atoms with Gasteiger partial charge in [-0.2, -0.15) is 0 Å². The molecule has 0 aliphatic carbocycles. The van der Waals surface area contributed by atoms with E-state index in [0.29, 0.717) is 5.56 Å². The predicted octanol–water partition coefficient (Wildman–Crippen LogP) is 0.763. The number of carboxylic acids is 2.